The van der Waals surface area contributed by atoms with E-state index in [9.17, 15) is 24.5 Å². The van der Waals surface area contributed by atoms with Crippen LogP contribution in [-0.2, 0) is 20.9 Å². The number of non-ortho nitro benzene ring substituents is 1. The molecule has 0 aliphatic carbocycles. The molecule has 33 heavy (non-hydrogen) atoms. The number of nitro benzene ring substituents is 1. The highest BCUT2D eigenvalue weighted by atomic mass is 127. The van der Waals surface area contributed by atoms with Gasteiger partial charge < -0.3 is 14.2 Å². The summed E-state index contributed by atoms with van der Waals surface area (Å²) in [6.45, 7) is -0.287. The van der Waals surface area contributed by atoms with E-state index < -0.39 is 22.0 Å². The van der Waals surface area contributed by atoms with Crippen molar-refractivity contribution >= 4 is 63.2 Å². The number of nitrogens with zero attached hydrogens (tertiary/aromatic N) is 2. The predicted octanol–water partition coefficient (Wildman–Crippen LogP) is 4.00. The van der Waals surface area contributed by atoms with E-state index in [1.54, 1.807) is 18.2 Å². The molecule has 2 amide bonds. The maximum absolute atomic E-state index is 12.8. The number of rotatable bonds is 8. The van der Waals surface area contributed by atoms with Gasteiger partial charge in [-0.15, -0.1) is 0 Å². The standard InChI is InChI=1S/C21H17IN2O8S/c1-30-16-8-13(7-15(22)19(16)32-11-18(25)31-2)9-17-20(26)23(21(27)33-17)10-12-3-5-14(6-4-12)24(28)29/h3-9H,10-11H2,1-2H3/b17-9-. The maximum Gasteiger partial charge on any atom is 0.343 e. The van der Waals surface area contributed by atoms with Crippen molar-refractivity contribution in [3.8, 4) is 11.5 Å². The van der Waals surface area contributed by atoms with Crippen molar-refractivity contribution in [2.45, 2.75) is 6.54 Å². The van der Waals surface area contributed by atoms with Gasteiger partial charge in [-0.25, -0.2) is 4.79 Å². The molecule has 0 saturated carbocycles. The molecule has 1 heterocycles. The Morgan fingerprint density at radius 2 is 1.91 bits per heavy atom. The largest absolute Gasteiger partial charge is 0.493 e. The summed E-state index contributed by atoms with van der Waals surface area (Å²) in [5.74, 6) is -0.309. The molecule has 1 fully saturated rings. The molecule has 0 atom stereocenters. The molecule has 0 bridgehead atoms. The van der Waals surface area contributed by atoms with Gasteiger partial charge >= 0.3 is 5.97 Å². The molecule has 0 radical (unpaired) electrons. The lowest BCUT2D eigenvalue weighted by molar-refractivity contribution is -0.384. The van der Waals surface area contributed by atoms with Gasteiger partial charge in [0.1, 0.15) is 0 Å². The average molecular weight is 584 g/mol. The van der Waals surface area contributed by atoms with Crippen molar-refractivity contribution < 1.29 is 33.5 Å². The summed E-state index contributed by atoms with van der Waals surface area (Å²) in [4.78, 5) is 48.2. The molecule has 12 heteroatoms. The van der Waals surface area contributed by atoms with Crippen LogP contribution < -0.4 is 9.47 Å². The van der Waals surface area contributed by atoms with Crippen LogP contribution in [0.2, 0.25) is 0 Å². The fraction of sp³-hybridized carbons (Fsp3) is 0.190. The number of halogens is 1. The van der Waals surface area contributed by atoms with Crippen molar-refractivity contribution in [2.24, 2.45) is 0 Å². The third-order valence-electron chi connectivity index (χ3n) is 4.47. The normalized spacial score (nSPS) is 14.5. The molecule has 172 valence electrons. The first-order valence-corrected chi connectivity index (χ1v) is 11.2. The molecule has 2 aromatic carbocycles. The van der Waals surface area contributed by atoms with E-state index >= 15 is 0 Å². The third kappa shape index (κ3) is 5.82. The second kappa shape index (κ2) is 10.7. The summed E-state index contributed by atoms with van der Waals surface area (Å²) in [6, 6.07) is 9.00. The lowest BCUT2D eigenvalue weighted by atomic mass is 10.1. The van der Waals surface area contributed by atoms with E-state index in [0.29, 0.717) is 26.2 Å². The first-order valence-electron chi connectivity index (χ1n) is 9.29. The Bertz CT molecular complexity index is 1150. The van der Waals surface area contributed by atoms with Crippen LogP contribution in [0.25, 0.3) is 6.08 Å². The Morgan fingerprint density at radius 3 is 2.52 bits per heavy atom. The van der Waals surface area contributed by atoms with Crippen molar-refractivity contribution in [3.63, 3.8) is 0 Å². The van der Waals surface area contributed by atoms with E-state index in [1.807, 2.05) is 22.6 Å². The summed E-state index contributed by atoms with van der Waals surface area (Å²) in [6.07, 6.45) is 1.56. The molecule has 3 rings (SSSR count). The SMILES string of the molecule is COC(=O)COc1c(I)cc(/C=C2\SC(=O)N(Cc3ccc([N+](=O)[O-])cc3)C2=O)cc1OC. The molecular formula is C21H17IN2O8S. The highest BCUT2D eigenvalue weighted by Gasteiger charge is 2.35. The Labute approximate surface area is 206 Å². The molecule has 0 spiro atoms. The molecule has 0 aromatic heterocycles. The number of esters is 1. The summed E-state index contributed by atoms with van der Waals surface area (Å²) in [7, 11) is 2.70. The minimum Gasteiger partial charge on any atom is -0.493 e. The Morgan fingerprint density at radius 1 is 1.21 bits per heavy atom. The van der Waals surface area contributed by atoms with Gasteiger partial charge in [0.05, 0.1) is 34.2 Å². The number of hydrogen-bond acceptors (Lipinski definition) is 9. The van der Waals surface area contributed by atoms with Crippen LogP contribution in [0.5, 0.6) is 11.5 Å². The van der Waals surface area contributed by atoms with Gasteiger partial charge in [0.2, 0.25) is 0 Å². The molecule has 10 nitrogen and oxygen atoms in total. The highest BCUT2D eigenvalue weighted by Crippen LogP contribution is 2.37. The van der Waals surface area contributed by atoms with Crippen molar-refractivity contribution in [1.82, 2.24) is 4.90 Å². The van der Waals surface area contributed by atoms with Crippen molar-refractivity contribution in [3.05, 3.63) is 66.1 Å². The van der Waals surface area contributed by atoms with Crippen LogP contribution >= 0.6 is 34.4 Å². The number of thioether (sulfide) groups is 1. The van der Waals surface area contributed by atoms with Gasteiger partial charge in [-0.05, 0) is 63.7 Å². The summed E-state index contributed by atoms with van der Waals surface area (Å²) in [5, 5.41) is 10.3. The fourth-order valence-electron chi connectivity index (χ4n) is 2.85. The second-order valence-electron chi connectivity index (χ2n) is 6.59. The topological polar surface area (TPSA) is 125 Å². The number of methoxy groups -OCH3 is 2. The number of hydrogen-bond donors (Lipinski definition) is 0. The number of imide groups is 1. The molecule has 1 saturated heterocycles. The molecule has 0 N–H and O–H groups in total. The van der Waals surface area contributed by atoms with Crippen LogP contribution in [0.4, 0.5) is 10.5 Å². The fourth-order valence-corrected chi connectivity index (χ4v) is 4.47. The zero-order chi connectivity index (χ0) is 24.1. The number of carbonyl (C=O) groups is 3. The summed E-state index contributed by atoms with van der Waals surface area (Å²) < 4.78 is 16.0. The maximum atomic E-state index is 12.8. The lowest BCUT2D eigenvalue weighted by Gasteiger charge is -2.13. The second-order valence-corrected chi connectivity index (χ2v) is 8.75. The van der Waals surface area contributed by atoms with Gasteiger partial charge in [-0.2, -0.15) is 0 Å². The Balaban J connectivity index is 1.79. The highest BCUT2D eigenvalue weighted by molar-refractivity contribution is 14.1. The van der Waals surface area contributed by atoms with Gasteiger partial charge in [-0.1, -0.05) is 12.1 Å². The summed E-state index contributed by atoms with van der Waals surface area (Å²) >= 11 is 2.81. The first kappa shape index (κ1) is 24.5. The Kier molecular flexibility index (Phi) is 7.92. The van der Waals surface area contributed by atoms with Gasteiger partial charge in [0.15, 0.2) is 18.1 Å². The Hall–Kier alpha value is -3.13. The molecule has 2 aromatic rings. The smallest absolute Gasteiger partial charge is 0.343 e. The monoisotopic (exact) mass is 584 g/mol. The van der Waals surface area contributed by atoms with E-state index in [2.05, 4.69) is 4.74 Å². The van der Waals surface area contributed by atoms with Crippen molar-refractivity contribution in [2.75, 3.05) is 20.8 Å². The number of benzene rings is 2. The van der Waals surface area contributed by atoms with E-state index in [1.165, 1.54) is 38.5 Å². The van der Waals surface area contributed by atoms with Gasteiger partial charge in [-0.3, -0.25) is 24.6 Å². The van der Waals surface area contributed by atoms with E-state index in [0.717, 1.165) is 16.7 Å². The number of amides is 2. The minimum atomic E-state index is -0.543. The lowest BCUT2D eigenvalue weighted by Crippen LogP contribution is -2.27. The van der Waals surface area contributed by atoms with Crippen LogP contribution in [0.15, 0.2) is 41.3 Å². The van der Waals surface area contributed by atoms with Gasteiger partial charge in [0.25, 0.3) is 16.8 Å². The average Bonchev–Trinajstić information content (AvgIpc) is 3.05. The van der Waals surface area contributed by atoms with E-state index in [-0.39, 0.29) is 23.7 Å². The number of nitro groups is 1. The van der Waals surface area contributed by atoms with Crippen LogP contribution in [0.1, 0.15) is 11.1 Å². The molecule has 1 aliphatic rings. The van der Waals surface area contributed by atoms with Crippen molar-refractivity contribution in [1.29, 1.82) is 0 Å². The zero-order valence-corrected chi connectivity index (χ0v) is 20.4. The number of ether oxygens (including phenoxy) is 3. The minimum absolute atomic E-state index is 0.00115. The quantitative estimate of drug-likeness (QED) is 0.149. The molecule has 1 aliphatic heterocycles. The van der Waals surface area contributed by atoms with Crippen LogP contribution in [0.3, 0.4) is 0 Å². The van der Waals surface area contributed by atoms with E-state index in [4.69, 9.17) is 9.47 Å². The van der Waals surface area contributed by atoms with Gasteiger partial charge in [0, 0.05) is 12.1 Å². The zero-order valence-electron chi connectivity index (χ0n) is 17.4. The predicted molar refractivity (Wildman–Crippen MR) is 128 cm³/mol. The molecule has 0 unspecified atom stereocenters. The molecular weight excluding hydrogens is 567 g/mol. The van der Waals surface area contributed by atoms with Crippen LogP contribution in [-0.4, -0.2) is 47.8 Å². The first-order chi connectivity index (χ1) is 15.7. The number of carbonyl (C=O) groups excluding carboxylic acids is 3. The third-order valence-corrected chi connectivity index (χ3v) is 6.18. The van der Waals surface area contributed by atoms with Crippen LogP contribution in [0, 0.1) is 13.7 Å². The summed E-state index contributed by atoms with van der Waals surface area (Å²) in [5.41, 5.74) is 1.12.